The molecule has 1 rings (SSSR count). The van der Waals surface area contributed by atoms with Gasteiger partial charge in [0.25, 0.3) is 0 Å². The summed E-state index contributed by atoms with van der Waals surface area (Å²) in [7, 11) is -2.78. The van der Waals surface area contributed by atoms with Crippen LogP contribution in [0.5, 0.6) is 0 Å². The molecule has 0 saturated carbocycles. The van der Waals surface area contributed by atoms with Crippen molar-refractivity contribution in [2.45, 2.75) is 47.0 Å². The van der Waals surface area contributed by atoms with Gasteiger partial charge in [0.05, 0.1) is 0 Å². The Morgan fingerprint density at radius 3 is 1.65 bits per heavy atom. The van der Waals surface area contributed by atoms with Crippen LogP contribution in [0.25, 0.3) is 0 Å². The first kappa shape index (κ1) is 17.4. The van der Waals surface area contributed by atoms with Crippen LogP contribution in [0.4, 0.5) is 0 Å². The van der Waals surface area contributed by atoms with Crippen molar-refractivity contribution >= 4 is 14.0 Å². The lowest BCUT2D eigenvalue weighted by atomic mass is 10.2. The average molecular weight is 296 g/mol. The zero-order chi connectivity index (χ0) is 14.8. The number of benzene rings is 1. The molecule has 4 heteroatoms. The number of rotatable bonds is 10. The van der Waals surface area contributed by atoms with Gasteiger partial charge in [-0.1, -0.05) is 45.0 Å². The van der Waals surface area contributed by atoms with Gasteiger partial charge < -0.3 is 13.3 Å². The van der Waals surface area contributed by atoms with Crippen molar-refractivity contribution in [3.8, 4) is 0 Å². The van der Waals surface area contributed by atoms with Gasteiger partial charge in [-0.25, -0.2) is 0 Å². The monoisotopic (exact) mass is 296 g/mol. The Labute approximate surface area is 124 Å². The average Bonchev–Trinajstić information content (AvgIpc) is 2.48. The van der Waals surface area contributed by atoms with E-state index in [0.29, 0.717) is 19.8 Å². The van der Waals surface area contributed by atoms with Crippen molar-refractivity contribution in [3.63, 3.8) is 0 Å². The quantitative estimate of drug-likeness (QED) is 0.619. The number of hydrogen-bond acceptors (Lipinski definition) is 3. The molecule has 0 aliphatic heterocycles. The van der Waals surface area contributed by atoms with Crippen molar-refractivity contribution < 1.29 is 13.3 Å². The van der Waals surface area contributed by atoms with E-state index in [-0.39, 0.29) is 0 Å². The molecule has 0 fully saturated rings. The molecule has 1 aromatic carbocycles. The second-order valence-corrected chi connectivity index (χ2v) is 7.43. The molecule has 0 heterocycles. The summed E-state index contributed by atoms with van der Waals surface area (Å²) in [5.74, 6) is 0. The summed E-state index contributed by atoms with van der Waals surface area (Å²) in [5, 5.41) is 1.11. The van der Waals surface area contributed by atoms with E-state index in [1.165, 1.54) is 5.56 Å². The topological polar surface area (TPSA) is 27.7 Å². The van der Waals surface area contributed by atoms with Gasteiger partial charge in [0.2, 0.25) is 0 Å². The van der Waals surface area contributed by atoms with Crippen LogP contribution in [0.3, 0.4) is 0 Å². The summed E-state index contributed by atoms with van der Waals surface area (Å²) < 4.78 is 18.4. The van der Waals surface area contributed by atoms with Crippen LogP contribution in [0.15, 0.2) is 24.3 Å². The summed E-state index contributed by atoms with van der Waals surface area (Å²) in [5.41, 5.74) is 1.18. The Morgan fingerprint density at radius 1 is 0.800 bits per heavy atom. The van der Waals surface area contributed by atoms with Crippen LogP contribution in [0, 0.1) is 6.92 Å². The molecule has 0 unspecified atom stereocenters. The molecule has 0 aliphatic rings. The van der Waals surface area contributed by atoms with Crippen LogP contribution in [0.2, 0.25) is 0 Å². The molecule has 0 spiro atoms. The second kappa shape index (κ2) is 9.29. The van der Waals surface area contributed by atoms with Gasteiger partial charge in [0.1, 0.15) is 0 Å². The summed E-state index contributed by atoms with van der Waals surface area (Å²) in [6, 6.07) is 8.25. The first-order valence-corrected chi connectivity index (χ1v) is 9.40. The lowest BCUT2D eigenvalue weighted by Gasteiger charge is -2.30. The molecule has 114 valence electrons. The highest BCUT2D eigenvalue weighted by molar-refractivity contribution is 6.75. The van der Waals surface area contributed by atoms with E-state index in [4.69, 9.17) is 13.3 Å². The predicted molar refractivity (Wildman–Crippen MR) is 85.3 cm³/mol. The molecular formula is C16H28O3Si. The van der Waals surface area contributed by atoms with E-state index >= 15 is 0 Å². The maximum Gasteiger partial charge on any atom is 0.537 e. The smallest absolute Gasteiger partial charge is 0.370 e. The van der Waals surface area contributed by atoms with E-state index in [1.807, 2.05) is 12.1 Å². The molecule has 0 aliphatic carbocycles. The molecule has 3 nitrogen and oxygen atoms in total. The third kappa shape index (κ3) is 4.70. The van der Waals surface area contributed by atoms with Gasteiger partial charge in [0, 0.05) is 25.0 Å². The Kier molecular flexibility index (Phi) is 8.07. The standard InChI is InChI=1S/C16H28O3Si/c1-5-12-17-20(18-13-6-2,19-14-7-3)16-11-9-8-10-15(16)4/h8-11H,5-7,12-14H2,1-4H3. The molecule has 20 heavy (non-hydrogen) atoms. The Hall–Kier alpha value is -0.683. The van der Waals surface area contributed by atoms with Gasteiger partial charge >= 0.3 is 8.80 Å². The lowest BCUT2D eigenvalue weighted by molar-refractivity contribution is 0.0731. The fourth-order valence-electron chi connectivity index (χ4n) is 1.98. The van der Waals surface area contributed by atoms with Crippen LogP contribution in [-0.4, -0.2) is 28.6 Å². The van der Waals surface area contributed by atoms with Crippen LogP contribution < -0.4 is 5.19 Å². The largest absolute Gasteiger partial charge is 0.537 e. The highest BCUT2D eigenvalue weighted by Crippen LogP contribution is 2.15. The summed E-state index contributed by atoms with van der Waals surface area (Å²) >= 11 is 0. The third-order valence-electron chi connectivity index (χ3n) is 2.96. The van der Waals surface area contributed by atoms with Gasteiger partial charge in [-0.3, -0.25) is 0 Å². The van der Waals surface area contributed by atoms with Crippen LogP contribution in [0.1, 0.15) is 45.6 Å². The van der Waals surface area contributed by atoms with E-state index in [0.717, 1.165) is 24.4 Å². The molecule has 0 aromatic heterocycles. The predicted octanol–water partition coefficient (Wildman–Crippen LogP) is 3.42. The zero-order valence-corrected chi connectivity index (χ0v) is 14.3. The minimum Gasteiger partial charge on any atom is -0.370 e. The fraction of sp³-hybridized carbons (Fsp3) is 0.625. The van der Waals surface area contributed by atoms with E-state index < -0.39 is 8.80 Å². The summed E-state index contributed by atoms with van der Waals surface area (Å²) in [4.78, 5) is 0. The molecular weight excluding hydrogens is 268 g/mol. The lowest BCUT2D eigenvalue weighted by Crippen LogP contribution is -2.58. The molecule has 0 atom stereocenters. The fourth-order valence-corrected chi connectivity index (χ4v) is 4.99. The van der Waals surface area contributed by atoms with Crippen LogP contribution in [-0.2, 0) is 13.3 Å². The van der Waals surface area contributed by atoms with Crippen molar-refractivity contribution in [3.05, 3.63) is 29.8 Å². The third-order valence-corrected chi connectivity index (χ3v) is 5.94. The van der Waals surface area contributed by atoms with Crippen molar-refractivity contribution in [2.75, 3.05) is 19.8 Å². The minimum atomic E-state index is -2.78. The second-order valence-electron chi connectivity index (χ2n) is 4.92. The normalized spacial score (nSPS) is 11.8. The zero-order valence-electron chi connectivity index (χ0n) is 13.3. The van der Waals surface area contributed by atoms with Crippen molar-refractivity contribution in [1.82, 2.24) is 0 Å². The number of hydrogen-bond donors (Lipinski definition) is 0. The first-order chi connectivity index (χ1) is 9.70. The SMILES string of the molecule is CCCO[Si](OCCC)(OCCC)c1ccccc1C. The van der Waals surface area contributed by atoms with Crippen molar-refractivity contribution in [2.24, 2.45) is 0 Å². The number of aryl methyl sites for hydroxylation is 1. The van der Waals surface area contributed by atoms with Crippen molar-refractivity contribution in [1.29, 1.82) is 0 Å². The summed E-state index contributed by atoms with van der Waals surface area (Å²) in [6.45, 7) is 10.4. The molecule has 0 radical (unpaired) electrons. The van der Waals surface area contributed by atoms with E-state index in [9.17, 15) is 0 Å². The minimum absolute atomic E-state index is 0.675. The molecule has 1 aromatic rings. The Balaban J connectivity index is 3.08. The maximum atomic E-state index is 6.14. The van der Waals surface area contributed by atoms with E-state index in [1.54, 1.807) is 0 Å². The molecule has 0 amide bonds. The molecule has 0 N–H and O–H groups in total. The highest BCUT2D eigenvalue weighted by atomic mass is 28.4. The Bertz CT molecular complexity index is 360. The van der Waals surface area contributed by atoms with Gasteiger partial charge in [-0.2, -0.15) is 0 Å². The maximum absolute atomic E-state index is 6.14. The van der Waals surface area contributed by atoms with Gasteiger partial charge in [-0.05, 0) is 31.7 Å². The summed E-state index contributed by atoms with van der Waals surface area (Å²) in [6.07, 6.45) is 2.89. The van der Waals surface area contributed by atoms with Gasteiger partial charge in [-0.15, -0.1) is 0 Å². The van der Waals surface area contributed by atoms with Crippen LogP contribution >= 0.6 is 0 Å². The van der Waals surface area contributed by atoms with Gasteiger partial charge in [0.15, 0.2) is 0 Å². The highest BCUT2D eigenvalue weighted by Gasteiger charge is 2.44. The molecule has 0 saturated heterocycles. The van der Waals surface area contributed by atoms with E-state index in [2.05, 4.69) is 39.8 Å². The first-order valence-electron chi connectivity index (χ1n) is 7.68. The molecule has 0 bridgehead atoms. The Morgan fingerprint density at radius 2 is 1.25 bits per heavy atom.